The molecule has 3 heteroatoms. The van der Waals surface area contributed by atoms with Gasteiger partial charge in [0.05, 0.1) is 11.4 Å². The van der Waals surface area contributed by atoms with E-state index in [2.05, 4.69) is 5.32 Å². The van der Waals surface area contributed by atoms with E-state index >= 15 is 0 Å². The van der Waals surface area contributed by atoms with Crippen LogP contribution in [0.5, 0.6) is 0 Å². The van der Waals surface area contributed by atoms with E-state index in [1.807, 2.05) is 103 Å². The molecule has 0 aliphatic rings. The van der Waals surface area contributed by atoms with Crippen LogP contribution in [-0.4, -0.2) is 5.78 Å². The zero-order valence-corrected chi connectivity index (χ0v) is 15.3. The highest BCUT2D eigenvalue weighted by atomic mass is 16.1. The molecule has 0 aliphatic carbocycles. The number of ketones is 1. The highest BCUT2D eigenvalue weighted by Gasteiger charge is 2.15. The number of carbonyl (C=O) groups is 1. The number of hydrogen-bond acceptors (Lipinski definition) is 3. The van der Waals surface area contributed by atoms with E-state index in [0.29, 0.717) is 16.8 Å². The lowest BCUT2D eigenvalue weighted by Gasteiger charge is -2.14. The molecule has 4 aromatic carbocycles. The Labute approximate surface area is 164 Å². The number of anilines is 3. The fourth-order valence-electron chi connectivity index (χ4n) is 3.19. The summed E-state index contributed by atoms with van der Waals surface area (Å²) in [4.78, 5) is 13.1. The molecule has 0 saturated heterocycles. The molecule has 3 N–H and O–H groups in total. The summed E-state index contributed by atoms with van der Waals surface area (Å²) in [5, 5.41) is 3.35. The van der Waals surface area contributed by atoms with E-state index in [0.717, 1.165) is 22.5 Å². The Morgan fingerprint density at radius 2 is 1.36 bits per heavy atom. The Bertz CT molecular complexity index is 1110. The minimum atomic E-state index is 0.00484. The van der Waals surface area contributed by atoms with E-state index < -0.39 is 0 Å². The van der Waals surface area contributed by atoms with Gasteiger partial charge in [0.2, 0.25) is 0 Å². The number of hydrogen-bond donors (Lipinski definition) is 2. The Hall–Kier alpha value is -3.85. The van der Waals surface area contributed by atoms with Crippen LogP contribution in [-0.2, 0) is 0 Å². The number of nitrogens with two attached hydrogens (primary N) is 1. The van der Waals surface area contributed by atoms with Gasteiger partial charge in [0.15, 0.2) is 5.78 Å². The predicted molar refractivity (Wildman–Crippen MR) is 116 cm³/mol. The molecule has 0 atom stereocenters. The minimum absolute atomic E-state index is 0.00484. The van der Waals surface area contributed by atoms with Gasteiger partial charge in [-0.15, -0.1) is 0 Å². The zero-order valence-electron chi connectivity index (χ0n) is 15.3. The van der Waals surface area contributed by atoms with Gasteiger partial charge in [-0.1, -0.05) is 72.8 Å². The van der Waals surface area contributed by atoms with E-state index in [4.69, 9.17) is 5.73 Å². The smallest absolute Gasteiger partial charge is 0.193 e. The summed E-state index contributed by atoms with van der Waals surface area (Å²) in [5.74, 6) is 0.00484. The molecule has 0 fully saturated rings. The Balaban J connectivity index is 1.79. The normalized spacial score (nSPS) is 10.4. The monoisotopic (exact) mass is 364 g/mol. The summed E-state index contributed by atoms with van der Waals surface area (Å²) in [5.41, 5.74) is 11.7. The van der Waals surface area contributed by atoms with Crippen molar-refractivity contribution in [2.75, 3.05) is 11.1 Å². The second-order valence-electron chi connectivity index (χ2n) is 6.53. The maximum Gasteiger partial charge on any atom is 0.193 e. The maximum absolute atomic E-state index is 13.1. The standard InChI is InChI=1S/C25H20N2O/c26-23-13-7-8-14-24(23)27-20-15-16-21(25(28)19-11-5-2-6-12-19)22(17-20)18-9-3-1-4-10-18/h1-17,27H,26H2. The van der Waals surface area contributed by atoms with Crippen LogP contribution in [0.1, 0.15) is 15.9 Å². The topological polar surface area (TPSA) is 55.1 Å². The van der Waals surface area contributed by atoms with E-state index in [1.165, 1.54) is 0 Å². The third-order valence-electron chi connectivity index (χ3n) is 4.62. The number of carbonyl (C=O) groups excluding carboxylic acids is 1. The van der Waals surface area contributed by atoms with Crippen molar-refractivity contribution >= 4 is 22.8 Å². The SMILES string of the molecule is Nc1ccccc1Nc1ccc(C(=O)c2ccccc2)c(-c2ccccc2)c1. The van der Waals surface area contributed by atoms with Gasteiger partial charge in [-0.3, -0.25) is 4.79 Å². The van der Waals surface area contributed by atoms with Gasteiger partial charge in [0, 0.05) is 16.8 Å². The van der Waals surface area contributed by atoms with E-state index in [9.17, 15) is 4.79 Å². The number of nitrogens with one attached hydrogen (secondary N) is 1. The van der Waals surface area contributed by atoms with Gasteiger partial charge in [-0.05, 0) is 41.5 Å². The quantitative estimate of drug-likeness (QED) is 0.342. The molecular weight excluding hydrogens is 344 g/mol. The van der Waals surface area contributed by atoms with Crippen LogP contribution in [0, 0.1) is 0 Å². The second-order valence-corrected chi connectivity index (χ2v) is 6.53. The van der Waals surface area contributed by atoms with Gasteiger partial charge < -0.3 is 11.1 Å². The third kappa shape index (κ3) is 3.64. The minimum Gasteiger partial charge on any atom is -0.397 e. The second kappa shape index (κ2) is 7.80. The van der Waals surface area contributed by atoms with Gasteiger partial charge in [0.25, 0.3) is 0 Å². The molecule has 0 spiro atoms. The van der Waals surface area contributed by atoms with Crippen molar-refractivity contribution in [3.05, 3.63) is 114 Å². The molecule has 0 unspecified atom stereocenters. The van der Waals surface area contributed by atoms with Crippen molar-refractivity contribution in [2.24, 2.45) is 0 Å². The van der Waals surface area contributed by atoms with Crippen LogP contribution >= 0.6 is 0 Å². The molecule has 4 rings (SSSR count). The van der Waals surface area contributed by atoms with Crippen molar-refractivity contribution < 1.29 is 4.79 Å². The Morgan fingerprint density at radius 1 is 0.714 bits per heavy atom. The third-order valence-corrected chi connectivity index (χ3v) is 4.62. The van der Waals surface area contributed by atoms with Crippen LogP contribution in [0.2, 0.25) is 0 Å². The number of benzene rings is 4. The number of rotatable bonds is 5. The summed E-state index contributed by atoms with van der Waals surface area (Å²) < 4.78 is 0. The van der Waals surface area contributed by atoms with Crippen molar-refractivity contribution in [2.45, 2.75) is 0 Å². The lowest BCUT2D eigenvalue weighted by molar-refractivity contribution is 0.103. The molecule has 0 aliphatic heterocycles. The predicted octanol–water partition coefficient (Wildman–Crippen LogP) is 5.91. The van der Waals surface area contributed by atoms with Gasteiger partial charge in [0.1, 0.15) is 0 Å². The average Bonchev–Trinajstić information content (AvgIpc) is 2.76. The lowest BCUT2D eigenvalue weighted by atomic mass is 9.93. The van der Waals surface area contributed by atoms with Crippen LogP contribution < -0.4 is 11.1 Å². The summed E-state index contributed by atoms with van der Waals surface area (Å²) in [6.07, 6.45) is 0. The first-order chi connectivity index (χ1) is 13.7. The molecule has 0 saturated carbocycles. The first-order valence-corrected chi connectivity index (χ1v) is 9.13. The van der Waals surface area contributed by atoms with Crippen LogP contribution in [0.25, 0.3) is 11.1 Å². The first-order valence-electron chi connectivity index (χ1n) is 9.13. The van der Waals surface area contributed by atoms with Gasteiger partial charge >= 0.3 is 0 Å². The molecule has 0 amide bonds. The number of nitrogen functional groups attached to an aromatic ring is 1. The number of para-hydroxylation sites is 2. The molecular formula is C25H20N2O. The summed E-state index contributed by atoms with van der Waals surface area (Å²) >= 11 is 0. The molecule has 0 aromatic heterocycles. The van der Waals surface area contributed by atoms with E-state index in [1.54, 1.807) is 0 Å². The molecule has 0 radical (unpaired) electrons. The molecule has 4 aromatic rings. The zero-order chi connectivity index (χ0) is 19.3. The summed E-state index contributed by atoms with van der Waals surface area (Å²) in [6.45, 7) is 0. The van der Waals surface area contributed by atoms with Crippen molar-refractivity contribution in [1.29, 1.82) is 0 Å². The Kier molecular flexibility index (Phi) is 4.89. The molecule has 0 bridgehead atoms. The van der Waals surface area contributed by atoms with Crippen molar-refractivity contribution in [1.82, 2.24) is 0 Å². The summed E-state index contributed by atoms with van der Waals surface area (Å²) in [7, 11) is 0. The molecule has 0 heterocycles. The fourth-order valence-corrected chi connectivity index (χ4v) is 3.19. The highest BCUT2D eigenvalue weighted by Crippen LogP contribution is 2.31. The van der Waals surface area contributed by atoms with Crippen molar-refractivity contribution in [3.63, 3.8) is 0 Å². The van der Waals surface area contributed by atoms with Crippen LogP contribution in [0.3, 0.4) is 0 Å². The van der Waals surface area contributed by atoms with Gasteiger partial charge in [-0.2, -0.15) is 0 Å². The molecule has 28 heavy (non-hydrogen) atoms. The van der Waals surface area contributed by atoms with Crippen LogP contribution in [0.4, 0.5) is 17.1 Å². The molecule has 136 valence electrons. The molecule has 3 nitrogen and oxygen atoms in total. The maximum atomic E-state index is 13.1. The highest BCUT2D eigenvalue weighted by molar-refractivity contribution is 6.13. The van der Waals surface area contributed by atoms with Gasteiger partial charge in [-0.25, -0.2) is 0 Å². The summed E-state index contributed by atoms with van der Waals surface area (Å²) in [6, 6.07) is 32.7. The fraction of sp³-hybridized carbons (Fsp3) is 0. The first kappa shape index (κ1) is 17.6. The largest absolute Gasteiger partial charge is 0.397 e. The van der Waals surface area contributed by atoms with Crippen LogP contribution in [0.15, 0.2) is 103 Å². The Morgan fingerprint density at radius 3 is 2.07 bits per heavy atom. The van der Waals surface area contributed by atoms with E-state index in [-0.39, 0.29) is 5.78 Å². The van der Waals surface area contributed by atoms with Crippen molar-refractivity contribution in [3.8, 4) is 11.1 Å². The average molecular weight is 364 g/mol. The lowest BCUT2D eigenvalue weighted by Crippen LogP contribution is -2.04.